The van der Waals surface area contributed by atoms with Gasteiger partial charge in [0, 0.05) is 29.4 Å². The molecule has 0 bridgehead atoms. The van der Waals surface area contributed by atoms with Crippen molar-refractivity contribution in [2.75, 3.05) is 13.1 Å². The maximum Gasteiger partial charge on any atom is 0.0943 e. The Morgan fingerprint density at radius 2 is 2.50 bits per heavy atom. The fraction of sp³-hybridized carbons (Fsp3) is 1.00. The van der Waals surface area contributed by atoms with Gasteiger partial charge in [0.1, 0.15) is 0 Å². The Labute approximate surface area is 50.0 Å². The van der Waals surface area contributed by atoms with E-state index in [2.05, 4.69) is 8.71 Å². The highest BCUT2D eigenvalue weighted by Gasteiger charge is 1.74. The zero-order valence-electron chi connectivity index (χ0n) is 3.15. The molecule has 0 aromatic heterocycles. The topological polar surface area (TPSA) is 41.5 Å². The maximum atomic E-state index is 9.27. The van der Waals surface area contributed by atoms with Crippen LogP contribution in [0.3, 0.4) is 0 Å². The summed E-state index contributed by atoms with van der Waals surface area (Å²) in [5.41, 5.74) is 0. The molecular weight excluding hydrogens is 195 g/mol. The van der Waals surface area contributed by atoms with Gasteiger partial charge in [-0.25, -0.2) is 0 Å². The lowest BCUT2D eigenvalue weighted by atomic mass is 10.7. The normalized spacial score (nSPS) is 8.17. The van der Waals surface area contributed by atoms with Crippen molar-refractivity contribution in [3.8, 4) is 0 Å². The Balaban J connectivity index is 2.49. The minimum absolute atomic E-state index is 0.364. The number of hydrogen-bond acceptors (Lipinski definition) is 3. The average molecular weight is 200 g/mol. The molecule has 4 heteroatoms. The number of nitroso groups, excluding NO2 is 1. The third-order valence-corrected chi connectivity index (χ3v) is 0.837. The molecule has 0 aromatic carbocycles. The average Bonchev–Trinajstić information content (AvgIpc) is 1.61. The number of nitrogens with zero attached hydrogens (tertiary/aromatic N) is 1. The molecular formula is C2H5IN2O. The molecule has 0 saturated heterocycles. The van der Waals surface area contributed by atoms with Gasteiger partial charge in [-0.3, -0.25) is 3.53 Å². The Morgan fingerprint density at radius 1 is 1.83 bits per heavy atom. The van der Waals surface area contributed by atoms with Crippen molar-refractivity contribution in [2.45, 2.75) is 0 Å². The smallest absolute Gasteiger partial charge is 0.0943 e. The molecule has 0 aliphatic carbocycles. The van der Waals surface area contributed by atoms with Crippen LogP contribution in [0.25, 0.3) is 0 Å². The predicted molar refractivity (Wildman–Crippen MR) is 32.7 cm³/mol. The van der Waals surface area contributed by atoms with E-state index in [9.17, 15) is 4.91 Å². The Kier molecular flexibility index (Phi) is 5.55. The Hall–Kier alpha value is 0.290. The van der Waals surface area contributed by atoms with Crippen molar-refractivity contribution in [2.24, 2.45) is 5.18 Å². The summed E-state index contributed by atoms with van der Waals surface area (Å²) in [5, 5.41) is 2.61. The van der Waals surface area contributed by atoms with Gasteiger partial charge in [0.05, 0.1) is 6.54 Å². The SMILES string of the molecule is O=NCCNI. The van der Waals surface area contributed by atoms with Gasteiger partial charge >= 0.3 is 0 Å². The molecule has 0 amide bonds. The third-order valence-electron chi connectivity index (χ3n) is 0.298. The summed E-state index contributed by atoms with van der Waals surface area (Å²) in [4.78, 5) is 9.27. The molecule has 0 atom stereocenters. The molecule has 0 fully saturated rings. The highest BCUT2D eigenvalue weighted by Crippen LogP contribution is 1.67. The first-order chi connectivity index (χ1) is 2.91. The molecule has 0 aliphatic rings. The zero-order valence-corrected chi connectivity index (χ0v) is 5.31. The first-order valence-electron chi connectivity index (χ1n) is 1.54. The summed E-state index contributed by atoms with van der Waals surface area (Å²) in [6.45, 7) is 1.03. The molecule has 0 saturated carbocycles. The molecule has 0 rings (SSSR count). The minimum Gasteiger partial charge on any atom is -0.259 e. The fourth-order valence-electron chi connectivity index (χ4n) is 0.0879. The van der Waals surface area contributed by atoms with Crippen LogP contribution in [-0.2, 0) is 0 Å². The molecule has 3 nitrogen and oxygen atoms in total. The Morgan fingerprint density at radius 3 is 2.67 bits per heavy atom. The minimum atomic E-state index is 0.364. The number of rotatable bonds is 3. The van der Waals surface area contributed by atoms with Crippen LogP contribution in [0.15, 0.2) is 5.18 Å². The lowest BCUT2D eigenvalue weighted by Gasteiger charge is -1.80. The van der Waals surface area contributed by atoms with E-state index >= 15 is 0 Å². The van der Waals surface area contributed by atoms with E-state index < -0.39 is 0 Å². The van der Waals surface area contributed by atoms with Crippen LogP contribution in [0.4, 0.5) is 0 Å². The van der Waals surface area contributed by atoms with Crippen molar-refractivity contribution < 1.29 is 0 Å². The van der Waals surface area contributed by atoms with Crippen LogP contribution in [0.5, 0.6) is 0 Å². The molecule has 36 valence electrons. The third kappa shape index (κ3) is 4.29. The lowest BCUT2D eigenvalue weighted by molar-refractivity contribution is 0.935. The quantitative estimate of drug-likeness (QED) is 0.315. The van der Waals surface area contributed by atoms with Crippen molar-refractivity contribution in [1.82, 2.24) is 3.53 Å². The highest BCUT2D eigenvalue weighted by atomic mass is 127. The summed E-state index contributed by atoms with van der Waals surface area (Å²) in [5.74, 6) is 0. The molecule has 0 spiro atoms. The van der Waals surface area contributed by atoms with E-state index in [0.29, 0.717) is 13.1 Å². The van der Waals surface area contributed by atoms with Gasteiger partial charge in [-0.1, -0.05) is 5.18 Å². The second kappa shape index (κ2) is 5.29. The monoisotopic (exact) mass is 200 g/mol. The second-order valence-electron chi connectivity index (χ2n) is 0.736. The Bertz CT molecular complexity index is 40.5. The predicted octanol–water partition coefficient (Wildman–Crippen LogP) is 0.692. The number of hydrogen-bond donors (Lipinski definition) is 1. The van der Waals surface area contributed by atoms with E-state index in [1.54, 1.807) is 0 Å². The van der Waals surface area contributed by atoms with Gasteiger partial charge in [0.25, 0.3) is 0 Å². The van der Waals surface area contributed by atoms with Gasteiger partial charge < -0.3 is 0 Å². The molecule has 1 N–H and O–H groups in total. The van der Waals surface area contributed by atoms with Crippen LogP contribution >= 0.6 is 22.9 Å². The molecule has 0 radical (unpaired) electrons. The summed E-state index contributed by atoms with van der Waals surface area (Å²) < 4.78 is 2.74. The lowest BCUT2D eigenvalue weighted by Crippen LogP contribution is -2.01. The standard InChI is InChI=1S/C2H5IN2O/c3-4-1-2-5-6/h4H,1-2H2. The first-order valence-corrected chi connectivity index (χ1v) is 2.62. The van der Waals surface area contributed by atoms with Gasteiger partial charge in [-0.15, -0.1) is 0 Å². The van der Waals surface area contributed by atoms with Crippen LogP contribution in [0.2, 0.25) is 0 Å². The summed E-state index contributed by atoms with van der Waals surface area (Å²) in [6.07, 6.45) is 0. The van der Waals surface area contributed by atoms with Crippen molar-refractivity contribution in [3.05, 3.63) is 4.91 Å². The van der Waals surface area contributed by atoms with Crippen LogP contribution in [0.1, 0.15) is 0 Å². The molecule has 6 heavy (non-hydrogen) atoms. The van der Waals surface area contributed by atoms with Crippen molar-refractivity contribution in [1.29, 1.82) is 0 Å². The number of halogens is 1. The fourth-order valence-corrected chi connectivity index (χ4v) is 0.329. The van der Waals surface area contributed by atoms with Crippen LogP contribution in [0, 0.1) is 4.91 Å². The van der Waals surface area contributed by atoms with Gasteiger partial charge in [-0.2, -0.15) is 4.91 Å². The molecule has 0 aliphatic heterocycles. The van der Waals surface area contributed by atoms with Gasteiger partial charge in [0.15, 0.2) is 0 Å². The van der Waals surface area contributed by atoms with Crippen LogP contribution in [-0.4, -0.2) is 13.1 Å². The second-order valence-corrected chi connectivity index (χ2v) is 1.50. The highest BCUT2D eigenvalue weighted by molar-refractivity contribution is 14.1. The van der Waals surface area contributed by atoms with E-state index in [0.717, 1.165) is 0 Å². The summed E-state index contributed by atoms with van der Waals surface area (Å²) in [6, 6.07) is 0. The molecule has 0 heterocycles. The summed E-state index contributed by atoms with van der Waals surface area (Å²) in [7, 11) is 0. The molecule has 0 unspecified atom stereocenters. The van der Waals surface area contributed by atoms with E-state index in [4.69, 9.17) is 0 Å². The first kappa shape index (κ1) is 6.29. The van der Waals surface area contributed by atoms with E-state index in [-0.39, 0.29) is 0 Å². The van der Waals surface area contributed by atoms with Crippen molar-refractivity contribution >= 4 is 22.9 Å². The van der Waals surface area contributed by atoms with Crippen molar-refractivity contribution in [3.63, 3.8) is 0 Å². The van der Waals surface area contributed by atoms with Gasteiger partial charge in [0.2, 0.25) is 0 Å². The zero-order chi connectivity index (χ0) is 4.83. The van der Waals surface area contributed by atoms with Gasteiger partial charge in [-0.05, 0) is 0 Å². The van der Waals surface area contributed by atoms with E-state index in [1.165, 1.54) is 0 Å². The molecule has 0 aromatic rings. The maximum absolute atomic E-state index is 9.27. The summed E-state index contributed by atoms with van der Waals surface area (Å²) >= 11 is 1.96. The van der Waals surface area contributed by atoms with Crippen LogP contribution < -0.4 is 3.53 Å². The largest absolute Gasteiger partial charge is 0.259 e. The van der Waals surface area contributed by atoms with E-state index in [1.807, 2.05) is 22.9 Å². The number of nitrogens with one attached hydrogen (secondary N) is 1.